The lowest BCUT2D eigenvalue weighted by atomic mass is 10.1. The molecule has 0 aromatic heterocycles. The maximum Gasteiger partial charge on any atom is 0.328 e. The number of anilines is 1. The quantitative estimate of drug-likeness (QED) is 0.731. The van der Waals surface area contributed by atoms with Crippen molar-refractivity contribution in [3.05, 3.63) is 29.8 Å². The first-order chi connectivity index (χ1) is 7.50. The third-order valence-corrected chi connectivity index (χ3v) is 4.47. The maximum atomic E-state index is 11.9. The molecule has 86 valence electrons. The van der Waals surface area contributed by atoms with E-state index in [0.717, 1.165) is 4.31 Å². The Hall–Kier alpha value is -1.56. The number of fused-ring (bicyclic) bond motifs is 1. The van der Waals surface area contributed by atoms with Crippen LogP contribution in [0.15, 0.2) is 24.3 Å². The van der Waals surface area contributed by atoms with Gasteiger partial charge >= 0.3 is 10.2 Å². The fourth-order valence-corrected chi connectivity index (χ4v) is 3.09. The lowest BCUT2D eigenvalue weighted by Crippen LogP contribution is -2.49. The van der Waals surface area contributed by atoms with Gasteiger partial charge in [0.2, 0.25) is 0 Å². The van der Waals surface area contributed by atoms with E-state index in [2.05, 4.69) is 0 Å². The molecule has 1 amide bonds. The van der Waals surface area contributed by atoms with E-state index in [9.17, 15) is 13.2 Å². The second-order valence-electron chi connectivity index (χ2n) is 3.46. The van der Waals surface area contributed by atoms with Gasteiger partial charge in [-0.3, -0.25) is 9.10 Å². The molecule has 0 unspecified atom stereocenters. The molecule has 0 saturated heterocycles. The number of hydrogen-bond donors (Lipinski definition) is 0. The zero-order chi connectivity index (χ0) is 11.9. The smallest absolute Gasteiger partial charge is 0.268 e. The first kappa shape index (κ1) is 10.9. The number of hydrogen-bond acceptors (Lipinski definition) is 3. The molecule has 0 aliphatic carbocycles. The van der Waals surface area contributed by atoms with Gasteiger partial charge in [0.15, 0.2) is 0 Å². The van der Waals surface area contributed by atoms with Gasteiger partial charge in [0.05, 0.1) is 11.3 Å². The van der Waals surface area contributed by atoms with Crippen LogP contribution in [0.2, 0.25) is 0 Å². The average molecular weight is 240 g/mol. The molecule has 1 aliphatic heterocycles. The minimum atomic E-state index is -3.70. The van der Waals surface area contributed by atoms with E-state index in [1.165, 1.54) is 11.4 Å². The molecule has 16 heavy (non-hydrogen) atoms. The third-order valence-electron chi connectivity index (χ3n) is 2.60. The summed E-state index contributed by atoms with van der Waals surface area (Å²) >= 11 is 0. The number of carbonyl (C=O) groups excluding carboxylic acids is 1. The molecule has 1 aliphatic rings. The Morgan fingerprint density at radius 1 is 1.25 bits per heavy atom. The summed E-state index contributed by atoms with van der Waals surface area (Å²) in [4.78, 5) is 11.8. The summed E-state index contributed by atoms with van der Waals surface area (Å²) < 4.78 is 25.9. The van der Waals surface area contributed by atoms with Gasteiger partial charge in [-0.2, -0.15) is 8.42 Å². The molecule has 1 heterocycles. The Kier molecular flexibility index (Phi) is 2.38. The summed E-state index contributed by atoms with van der Waals surface area (Å²) in [6.45, 7) is 2.04. The van der Waals surface area contributed by atoms with Gasteiger partial charge in [-0.1, -0.05) is 12.1 Å². The minimum absolute atomic E-state index is 0.303. The summed E-state index contributed by atoms with van der Waals surface area (Å²) in [5, 5.41) is 0. The molecule has 5 nitrogen and oxygen atoms in total. The summed E-state index contributed by atoms with van der Waals surface area (Å²) in [6, 6.07) is 6.71. The predicted octanol–water partition coefficient (Wildman–Crippen LogP) is 0.843. The zero-order valence-electron chi connectivity index (χ0n) is 9.04. The van der Waals surface area contributed by atoms with Gasteiger partial charge in [-0.15, -0.1) is 0 Å². The Labute approximate surface area is 94.5 Å². The molecule has 0 spiro atoms. The molecule has 1 aromatic carbocycles. The lowest BCUT2D eigenvalue weighted by Gasteiger charge is -2.34. The molecule has 0 radical (unpaired) electrons. The second-order valence-corrected chi connectivity index (χ2v) is 5.35. The van der Waals surface area contributed by atoms with Crippen molar-refractivity contribution in [1.29, 1.82) is 0 Å². The molecule has 6 heteroatoms. The molecule has 2 rings (SSSR count). The highest BCUT2D eigenvalue weighted by atomic mass is 32.2. The number of rotatable bonds is 1. The summed E-state index contributed by atoms with van der Waals surface area (Å²) in [7, 11) is -2.42. The average Bonchev–Trinajstić information content (AvgIpc) is 2.27. The summed E-state index contributed by atoms with van der Waals surface area (Å²) in [5.41, 5.74) is 0.870. The van der Waals surface area contributed by atoms with Crippen LogP contribution in [0.3, 0.4) is 0 Å². The zero-order valence-corrected chi connectivity index (χ0v) is 9.86. The van der Waals surface area contributed by atoms with Gasteiger partial charge in [0, 0.05) is 13.6 Å². The van der Waals surface area contributed by atoms with E-state index in [1.54, 1.807) is 31.2 Å². The summed E-state index contributed by atoms with van der Waals surface area (Å²) in [6.07, 6.45) is 0. The van der Waals surface area contributed by atoms with Crippen molar-refractivity contribution in [2.45, 2.75) is 6.92 Å². The number of amides is 1. The van der Waals surface area contributed by atoms with Crippen molar-refractivity contribution in [2.24, 2.45) is 0 Å². The van der Waals surface area contributed by atoms with Gasteiger partial charge in [0.25, 0.3) is 5.91 Å². The van der Waals surface area contributed by atoms with Gasteiger partial charge in [0.1, 0.15) is 0 Å². The fraction of sp³-hybridized carbons (Fsp3) is 0.300. The number of para-hydroxylation sites is 1. The van der Waals surface area contributed by atoms with Gasteiger partial charge < -0.3 is 0 Å². The second kappa shape index (κ2) is 3.48. The van der Waals surface area contributed by atoms with Crippen LogP contribution in [-0.4, -0.2) is 32.2 Å². The number of nitrogens with zero attached hydrogens (tertiary/aromatic N) is 2. The van der Waals surface area contributed by atoms with Crippen LogP contribution in [0.25, 0.3) is 0 Å². The van der Waals surface area contributed by atoms with E-state index in [1.807, 2.05) is 0 Å². The van der Waals surface area contributed by atoms with Crippen molar-refractivity contribution in [2.75, 3.05) is 17.9 Å². The minimum Gasteiger partial charge on any atom is -0.268 e. The molecule has 0 N–H and O–H groups in total. The van der Waals surface area contributed by atoms with Crippen LogP contribution in [0, 0.1) is 0 Å². The highest BCUT2D eigenvalue weighted by Crippen LogP contribution is 2.30. The van der Waals surface area contributed by atoms with Gasteiger partial charge in [-0.05, 0) is 19.1 Å². The molecule has 0 bridgehead atoms. The molecular formula is C10H12N2O3S. The van der Waals surface area contributed by atoms with Crippen LogP contribution < -0.4 is 4.31 Å². The monoisotopic (exact) mass is 240 g/mol. The van der Waals surface area contributed by atoms with E-state index in [-0.39, 0.29) is 0 Å². The van der Waals surface area contributed by atoms with Crippen molar-refractivity contribution in [3.63, 3.8) is 0 Å². The predicted molar refractivity (Wildman–Crippen MR) is 60.5 cm³/mol. The Bertz CT molecular complexity index is 539. The van der Waals surface area contributed by atoms with E-state index < -0.39 is 16.1 Å². The molecule has 1 aromatic rings. The first-order valence-corrected chi connectivity index (χ1v) is 6.29. The molecule has 0 fully saturated rings. The normalized spacial score (nSPS) is 18.5. The van der Waals surface area contributed by atoms with E-state index in [4.69, 9.17) is 0 Å². The van der Waals surface area contributed by atoms with E-state index >= 15 is 0 Å². The van der Waals surface area contributed by atoms with Crippen molar-refractivity contribution in [1.82, 2.24) is 4.31 Å². The van der Waals surface area contributed by atoms with Crippen LogP contribution in [0.5, 0.6) is 0 Å². The standard InChI is InChI=1S/C10H12N2O3S/c1-3-12-9-7-5-4-6-8(9)10(13)11(2)16(12,14)15/h4-7H,3H2,1-2H3. The SMILES string of the molecule is CCN1c2ccccc2C(=O)N(C)S1(=O)=O. The molecule has 0 atom stereocenters. The third kappa shape index (κ3) is 1.30. The van der Waals surface area contributed by atoms with Crippen molar-refractivity contribution < 1.29 is 13.2 Å². The Morgan fingerprint density at radius 2 is 1.88 bits per heavy atom. The maximum absolute atomic E-state index is 11.9. The Balaban J connectivity index is 2.72. The van der Waals surface area contributed by atoms with Crippen molar-refractivity contribution >= 4 is 21.8 Å². The van der Waals surface area contributed by atoms with Gasteiger partial charge in [-0.25, -0.2) is 4.31 Å². The molecular weight excluding hydrogens is 228 g/mol. The highest BCUT2D eigenvalue weighted by molar-refractivity contribution is 7.91. The van der Waals surface area contributed by atoms with Crippen LogP contribution in [0.4, 0.5) is 5.69 Å². The van der Waals surface area contributed by atoms with Crippen LogP contribution in [-0.2, 0) is 10.2 Å². The lowest BCUT2D eigenvalue weighted by molar-refractivity contribution is 0.0880. The molecule has 0 saturated carbocycles. The highest BCUT2D eigenvalue weighted by Gasteiger charge is 2.38. The van der Waals surface area contributed by atoms with Crippen molar-refractivity contribution in [3.8, 4) is 0 Å². The van der Waals surface area contributed by atoms with Crippen LogP contribution in [0.1, 0.15) is 17.3 Å². The van der Waals surface area contributed by atoms with E-state index in [0.29, 0.717) is 17.8 Å². The number of benzene rings is 1. The fourth-order valence-electron chi connectivity index (χ4n) is 1.75. The summed E-state index contributed by atoms with van der Waals surface area (Å²) in [5.74, 6) is -0.486. The topological polar surface area (TPSA) is 57.7 Å². The first-order valence-electron chi connectivity index (χ1n) is 4.90. The van der Waals surface area contributed by atoms with Crippen LogP contribution >= 0.6 is 0 Å². The Morgan fingerprint density at radius 3 is 2.50 bits per heavy atom. The number of carbonyl (C=O) groups is 1. The largest absolute Gasteiger partial charge is 0.328 e.